The van der Waals surface area contributed by atoms with Crippen LogP contribution in [0.15, 0.2) is 23.0 Å². The second-order valence-electron chi connectivity index (χ2n) is 5.36. The average Bonchev–Trinajstić information content (AvgIpc) is 2.43. The summed E-state index contributed by atoms with van der Waals surface area (Å²) in [4.78, 5) is 22.6. The lowest BCUT2D eigenvalue weighted by Gasteiger charge is -2.14. The van der Waals surface area contributed by atoms with Crippen LogP contribution in [0.1, 0.15) is 27.2 Å². The lowest BCUT2D eigenvalue weighted by molar-refractivity contribution is 0.159. The molecule has 114 valence electrons. The summed E-state index contributed by atoms with van der Waals surface area (Å²) in [5.41, 5.74) is 3.48. The van der Waals surface area contributed by atoms with Gasteiger partial charge in [0, 0.05) is 10.1 Å². The van der Waals surface area contributed by atoms with E-state index in [4.69, 9.17) is 4.84 Å². The lowest BCUT2D eigenvalue weighted by atomic mass is 10.2. The number of halogens is 1. The Balaban J connectivity index is 2.45. The highest BCUT2D eigenvalue weighted by atomic mass is 127. The molecule has 0 spiro atoms. The zero-order valence-corrected chi connectivity index (χ0v) is 14.7. The second-order valence-corrected chi connectivity index (χ2v) is 6.61. The van der Waals surface area contributed by atoms with E-state index in [0.717, 1.165) is 9.99 Å². The first-order chi connectivity index (χ1) is 10.0. The molecule has 0 aliphatic carbocycles. The van der Waals surface area contributed by atoms with E-state index in [0.29, 0.717) is 35.9 Å². The maximum Gasteiger partial charge on any atom is 0.262 e. The van der Waals surface area contributed by atoms with E-state index in [1.807, 2.05) is 25.1 Å². The van der Waals surface area contributed by atoms with Crippen LogP contribution in [0, 0.1) is 9.49 Å². The van der Waals surface area contributed by atoms with Crippen LogP contribution >= 0.6 is 22.6 Å². The van der Waals surface area contributed by atoms with Gasteiger partial charge < -0.3 is 0 Å². The first-order valence-corrected chi connectivity index (χ1v) is 8.18. The smallest absolute Gasteiger partial charge is 0.262 e. The zero-order valence-electron chi connectivity index (χ0n) is 12.5. The van der Waals surface area contributed by atoms with Crippen LogP contribution in [0.5, 0.6) is 0 Å². The van der Waals surface area contributed by atoms with Gasteiger partial charge in [-0.15, -0.1) is 0 Å². The quantitative estimate of drug-likeness (QED) is 0.596. The largest absolute Gasteiger partial charge is 0.277 e. The molecule has 0 radical (unpaired) electrons. The number of benzene rings is 1. The molecule has 0 atom stereocenters. The predicted molar refractivity (Wildman–Crippen MR) is 93.4 cm³/mol. The van der Waals surface area contributed by atoms with Crippen LogP contribution in [0.25, 0.3) is 10.9 Å². The number of nitrogens with one attached hydrogen (secondary N) is 1. The van der Waals surface area contributed by atoms with Crippen LogP contribution in [0.3, 0.4) is 0 Å². The van der Waals surface area contributed by atoms with Gasteiger partial charge in [0.15, 0.2) is 0 Å². The Labute approximate surface area is 137 Å². The number of aromatic nitrogens is 2. The van der Waals surface area contributed by atoms with E-state index in [1.165, 1.54) is 0 Å². The maximum atomic E-state index is 12.6. The van der Waals surface area contributed by atoms with Crippen LogP contribution in [0.2, 0.25) is 0 Å². The first kappa shape index (κ1) is 16.2. The number of nitrogens with zero attached hydrogens (tertiary/aromatic N) is 2. The summed E-state index contributed by atoms with van der Waals surface area (Å²) in [6.07, 6.45) is 0.857. The molecule has 21 heavy (non-hydrogen) atoms. The molecule has 2 rings (SSSR count). The standard InChI is InChI=1S/C15H20IN3O2/c1-4-7-19-14(20)12-8-11(16)5-6-13(12)17-15(19)18-21-9-10(2)3/h5-6,8,10H,4,7,9H2,1-3H3,(H,17,18). The molecule has 0 saturated heterocycles. The lowest BCUT2D eigenvalue weighted by Crippen LogP contribution is -2.25. The molecular weight excluding hydrogens is 381 g/mol. The van der Waals surface area contributed by atoms with Gasteiger partial charge in [-0.25, -0.2) is 10.5 Å². The van der Waals surface area contributed by atoms with E-state index in [1.54, 1.807) is 4.57 Å². The Morgan fingerprint density at radius 2 is 2.19 bits per heavy atom. The van der Waals surface area contributed by atoms with Crippen molar-refractivity contribution in [1.82, 2.24) is 9.55 Å². The number of fused-ring (bicyclic) bond motifs is 1. The van der Waals surface area contributed by atoms with Crippen LogP contribution in [0.4, 0.5) is 5.95 Å². The number of rotatable bonds is 6. The van der Waals surface area contributed by atoms with Gasteiger partial charge in [0.25, 0.3) is 5.56 Å². The van der Waals surface area contributed by atoms with Gasteiger partial charge >= 0.3 is 0 Å². The fourth-order valence-corrected chi connectivity index (χ4v) is 2.47. The first-order valence-electron chi connectivity index (χ1n) is 7.10. The minimum absolute atomic E-state index is 0.0315. The van der Waals surface area contributed by atoms with Crippen molar-refractivity contribution >= 4 is 39.4 Å². The summed E-state index contributed by atoms with van der Waals surface area (Å²) in [6.45, 7) is 7.34. The highest BCUT2D eigenvalue weighted by Crippen LogP contribution is 2.15. The van der Waals surface area contributed by atoms with E-state index in [2.05, 4.69) is 46.9 Å². The molecular formula is C15H20IN3O2. The van der Waals surface area contributed by atoms with Crippen LogP contribution in [-0.2, 0) is 11.4 Å². The molecule has 1 aromatic carbocycles. The molecule has 1 heterocycles. The minimum atomic E-state index is -0.0315. The average molecular weight is 401 g/mol. The SMILES string of the molecule is CCCn1c(NOCC(C)C)nc2ccc(I)cc2c1=O. The molecule has 5 nitrogen and oxygen atoms in total. The summed E-state index contributed by atoms with van der Waals surface area (Å²) < 4.78 is 2.66. The third-order valence-electron chi connectivity index (χ3n) is 2.94. The van der Waals surface area contributed by atoms with Crippen molar-refractivity contribution in [1.29, 1.82) is 0 Å². The van der Waals surface area contributed by atoms with Gasteiger partial charge in [0.05, 0.1) is 17.5 Å². The van der Waals surface area contributed by atoms with Crippen molar-refractivity contribution < 1.29 is 4.84 Å². The highest BCUT2D eigenvalue weighted by Gasteiger charge is 2.11. The summed E-state index contributed by atoms with van der Waals surface area (Å²) in [6, 6.07) is 5.68. The normalized spacial score (nSPS) is 11.3. The zero-order chi connectivity index (χ0) is 15.4. The third kappa shape index (κ3) is 3.94. The van der Waals surface area contributed by atoms with Crippen molar-refractivity contribution in [2.45, 2.75) is 33.7 Å². The van der Waals surface area contributed by atoms with E-state index < -0.39 is 0 Å². The number of anilines is 1. The monoisotopic (exact) mass is 401 g/mol. The van der Waals surface area contributed by atoms with Gasteiger partial charge in [-0.05, 0) is 53.1 Å². The summed E-state index contributed by atoms with van der Waals surface area (Å²) in [5.74, 6) is 0.877. The van der Waals surface area contributed by atoms with Gasteiger partial charge in [-0.2, -0.15) is 0 Å². The highest BCUT2D eigenvalue weighted by molar-refractivity contribution is 14.1. The Hall–Kier alpha value is -1.15. The maximum absolute atomic E-state index is 12.6. The molecule has 0 aliphatic heterocycles. The minimum Gasteiger partial charge on any atom is -0.277 e. The molecule has 0 unspecified atom stereocenters. The molecule has 0 amide bonds. The third-order valence-corrected chi connectivity index (χ3v) is 3.61. The second kappa shape index (κ2) is 7.22. The van der Waals surface area contributed by atoms with Crippen molar-refractivity contribution in [3.8, 4) is 0 Å². The van der Waals surface area contributed by atoms with E-state index >= 15 is 0 Å². The van der Waals surface area contributed by atoms with Crippen LogP contribution in [-0.4, -0.2) is 16.2 Å². The van der Waals surface area contributed by atoms with Gasteiger partial charge in [0.2, 0.25) is 5.95 Å². The van der Waals surface area contributed by atoms with Crippen molar-refractivity contribution in [2.24, 2.45) is 5.92 Å². The van der Waals surface area contributed by atoms with Gasteiger partial charge in [-0.3, -0.25) is 14.2 Å². The van der Waals surface area contributed by atoms with Crippen molar-refractivity contribution in [2.75, 3.05) is 12.1 Å². The Morgan fingerprint density at radius 1 is 1.43 bits per heavy atom. The number of hydrogen-bond donors (Lipinski definition) is 1. The molecule has 0 aliphatic rings. The van der Waals surface area contributed by atoms with E-state index in [-0.39, 0.29) is 5.56 Å². The predicted octanol–water partition coefficient (Wildman–Crippen LogP) is 3.41. The number of hydrogen-bond acceptors (Lipinski definition) is 4. The van der Waals surface area contributed by atoms with Crippen LogP contribution < -0.4 is 11.0 Å². The Kier molecular flexibility index (Phi) is 5.58. The Morgan fingerprint density at radius 3 is 2.86 bits per heavy atom. The van der Waals surface area contributed by atoms with Crippen molar-refractivity contribution in [3.63, 3.8) is 0 Å². The fourth-order valence-electron chi connectivity index (χ4n) is 1.97. The molecule has 1 aromatic heterocycles. The van der Waals surface area contributed by atoms with Gasteiger partial charge in [-0.1, -0.05) is 20.8 Å². The molecule has 0 saturated carbocycles. The Bertz CT molecular complexity index is 682. The summed E-state index contributed by atoms with van der Waals surface area (Å²) in [5, 5.41) is 0.643. The van der Waals surface area contributed by atoms with Gasteiger partial charge in [0.1, 0.15) is 0 Å². The fraction of sp³-hybridized carbons (Fsp3) is 0.467. The topological polar surface area (TPSA) is 56.1 Å². The molecule has 1 N–H and O–H groups in total. The van der Waals surface area contributed by atoms with Crippen molar-refractivity contribution in [3.05, 3.63) is 32.1 Å². The summed E-state index contributed by atoms with van der Waals surface area (Å²) >= 11 is 2.20. The molecule has 0 bridgehead atoms. The molecule has 6 heteroatoms. The summed E-state index contributed by atoms with van der Waals surface area (Å²) in [7, 11) is 0. The molecule has 2 aromatic rings. The molecule has 0 fully saturated rings. The van der Waals surface area contributed by atoms with E-state index in [9.17, 15) is 4.79 Å².